The summed E-state index contributed by atoms with van der Waals surface area (Å²) < 4.78 is 10.5. The van der Waals surface area contributed by atoms with Gasteiger partial charge in [-0.05, 0) is 37.3 Å². The molecule has 2 fully saturated rings. The van der Waals surface area contributed by atoms with Crippen molar-refractivity contribution in [3.63, 3.8) is 0 Å². The standard InChI is InChI=1S/C23H26N10O3/c24-32-17(10-13-3-4-13)27-18(16-2-1-9-36-16)19-20(32)28-22-31(23(35)29-33(19)22)8-7-30-12-14(11-25-30)21(34)26-15-5-6-15/h1-2,9,11-13,15,17H,3-8,10,24H2,(H,26,34)(H,29,35). The van der Waals surface area contributed by atoms with E-state index in [1.807, 2.05) is 6.07 Å². The quantitative estimate of drug-likeness (QED) is 0.309. The Kier molecular flexibility index (Phi) is 4.67. The average Bonchev–Trinajstić information content (AvgIpc) is 3.62. The first-order chi connectivity index (χ1) is 17.5. The predicted octanol–water partition coefficient (Wildman–Crippen LogP) is 0.863. The molecule has 4 N–H and O–H groups in total. The predicted molar refractivity (Wildman–Crippen MR) is 129 cm³/mol. The van der Waals surface area contributed by atoms with Crippen molar-refractivity contribution in [2.75, 3.05) is 5.01 Å². The number of imidazole rings is 1. The number of H-pyrrole nitrogens is 1. The summed E-state index contributed by atoms with van der Waals surface area (Å²) >= 11 is 0. The van der Waals surface area contributed by atoms with Crippen molar-refractivity contribution in [3.05, 3.63) is 58.3 Å². The van der Waals surface area contributed by atoms with Crippen LogP contribution in [0.1, 0.15) is 53.9 Å². The number of fused-ring (bicyclic) bond motifs is 3. The molecule has 1 amide bonds. The number of hydrogen-bond acceptors (Lipinski definition) is 8. The number of rotatable bonds is 8. The first kappa shape index (κ1) is 21.2. The lowest BCUT2D eigenvalue weighted by Gasteiger charge is -2.29. The summed E-state index contributed by atoms with van der Waals surface area (Å²) in [4.78, 5) is 34.8. The van der Waals surface area contributed by atoms with Gasteiger partial charge in [-0.1, -0.05) is 12.8 Å². The van der Waals surface area contributed by atoms with E-state index < -0.39 is 0 Å². The molecule has 2 aliphatic carbocycles. The van der Waals surface area contributed by atoms with E-state index in [-0.39, 0.29) is 23.8 Å². The molecule has 1 aliphatic heterocycles. The van der Waals surface area contributed by atoms with E-state index in [4.69, 9.17) is 20.2 Å². The third-order valence-electron chi connectivity index (χ3n) is 6.96. The molecule has 7 rings (SSSR count). The van der Waals surface area contributed by atoms with Crippen LogP contribution >= 0.6 is 0 Å². The van der Waals surface area contributed by atoms with E-state index in [9.17, 15) is 9.59 Å². The summed E-state index contributed by atoms with van der Waals surface area (Å²) in [6.45, 7) is 0.688. The minimum Gasteiger partial charge on any atom is -0.463 e. The zero-order chi connectivity index (χ0) is 24.4. The van der Waals surface area contributed by atoms with Crippen molar-refractivity contribution >= 4 is 23.2 Å². The van der Waals surface area contributed by atoms with Crippen LogP contribution in [0.2, 0.25) is 0 Å². The minimum absolute atomic E-state index is 0.126. The van der Waals surface area contributed by atoms with Crippen LogP contribution in [0.4, 0.5) is 5.82 Å². The van der Waals surface area contributed by atoms with Crippen molar-refractivity contribution in [1.29, 1.82) is 0 Å². The fourth-order valence-electron chi connectivity index (χ4n) is 4.65. The van der Waals surface area contributed by atoms with Gasteiger partial charge in [0.05, 0.1) is 31.1 Å². The van der Waals surface area contributed by atoms with Gasteiger partial charge in [-0.3, -0.25) is 24.0 Å². The summed E-state index contributed by atoms with van der Waals surface area (Å²) in [6.07, 6.45) is 9.83. The molecule has 2 saturated carbocycles. The van der Waals surface area contributed by atoms with Gasteiger partial charge in [0.1, 0.15) is 17.6 Å². The van der Waals surface area contributed by atoms with Crippen LogP contribution in [0.15, 0.2) is 45.0 Å². The average molecular weight is 491 g/mol. The largest absolute Gasteiger partial charge is 0.463 e. The van der Waals surface area contributed by atoms with Crippen molar-refractivity contribution in [1.82, 2.24) is 34.3 Å². The summed E-state index contributed by atoms with van der Waals surface area (Å²) in [7, 11) is 0. The zero-order valence-corrected chi connectivity index (χ0v) is 19.5. The number of aromatic amines is 1. The zero-order valence-electron chi connectivity index (χ0n) is 19.5. The summed E-state index contributed by atoms with van der Waals surface area (Å²) in [6, 6.07) is 3.92. The molecule has 0 radical (unpaired) electrons. The van der Waals surface area contributed by atoms with Gasteiger partial charge < -0.3 is 9.73 Å². The maximum atomic E-state index is 12.9. The molecule has 13 nitrogen and oxygen atoms in total. The molecular weight excluding hydrogens is 464 g/mol. The van der Waals surface area contributed by atoms with Crippen LogP contribution in [-0.2, 0) is 13.1 Å². The first-order valence-electron chi connectivity index (χ1n) is 12.3. The molecule has 3 aliphatic rings. The number of nitrogens with two attached hydrogens (primary N) is 1. The third-order valence-corrected chi connectivity index (χ3v) is 6.96. The second kappa shape index (κ2) is 7.95. The number of aryl methyl sites for hydroxylation is 2. The Morgan fingerprint density at radius 3 is 2.86 bits per heavy atom. The summed E-state index contributed by atoms with van der Waals surface area (Å²) in [5.41, 5.74) is 1.39. The molecule has 4 aromatic heterocycles. The minimum atomic E-state index is -0.318. The van der Waals surface area contributed by atoms with Gasteiger partial charge in [0, 0.05) is 12.2 Å². The van der Waals surface area contributed by atoms with E-state index >= 15 is 0 Å². The second-order valence-electron chi connectivity index (χ2n) is 9.75. The van der Waals surface area contributed by atoms with Gasteiger partial charge in [0.2, 0.25) is 5.78 Å². The van der Waals surface area contributed by atoms with Gasteiger partial charge in [0.25, 0.3) is 5.91 Å². The number of aliphatic imine (C=N–C) groups is 1. The van der Waals surface area contributed by atoms with E-state index in [2.05, 4.69) is 15.5 Å². The van der Waals surface area contributed by atoms with Crippen LogP contribution in [0.5, 0.6) is 0 Å². The number of aromatic nitrogens is 6. The number of hydrogen-bond donors (Lipinski definition) is 3. The molecule has 186 valence electrons. The number of amides is 1. The molecule has 1 atom stereocenters. The second-order valence-corrected chi connectivity index (χ2v) is 9.75. The molecule has 0 spiro atoms. The van der Waals surface area contributed by atoms with Gasteiger partial charge in [-0.15, -0.1) is 0 Å². The summed E-state index contributed by atoms with van der Waals surface area (Å²) in [5, 5.41) is 11.7. The Hall–Kier alpha value is -4.13. The molecule has 36 heavy (non-hydrogen) atoms. The fraction of sp³-hybridized carbons (Fsp3) is 0.435. The normalized spacial score (nSPS) is 19.5. The van der Waals surface area contributed by atoms with Crippen molar-refractivity contribution in [3.8, 4) is 0 Å². The van der Waals surface area contributed by atoms with Crippen LogP contribution in [-0.4, -0.2) is 52.8 Å². The number of nitrogens with one attached hydrogen (secondary N) is 2. The third kappa shape index (κ3) is 3.63. The van der Waals surface area contributed by atoms with Crippen molar-refractivity contribution < 1.29 is 9.21 Å². The topological polar surface area (TPSA) is 157 Å². The molecule has 1 unspecified atom stereocenters. The Morgan fingerprint density at radius 2 is 2.11 bits per heavy atom. The van der Waals surface area contributed by atoms with Crippen LogP contribution in [0.25, 0.3) is 5.78 Å². The molecule has 5 heterocycles. The first-order valence-corrected chi connectivity index (χ1v) is 12.3. The molecule has 0 aromatic carbocycles. The maximum Gasteiger partial charge on any atom is 0.343 e. The molecular formula is C23H26N10O3. The lowest BCUT2D eigenvalue weighted by Crippen LogP contribution is -2.45. The Morgan fingerprint density at radius 1 is 1.25 bits per heavy atom. The van der Waals surface area contributed by atoms with Gasteiger partial charge >= 0.3 is 5.69 Å². The van der Waals surface area contributed by atoms with Gasteiger partial charge in [-0.2, -0.15) is 10.1 Å². The highest BCUT2D eigenvalue weighted by Gasteiger charge is 2.37. The number of carbonyl (C=O) groups is 1. The van der Waals surface area contributed by atoms with Crippen molar-refractivity contribution in [2.24, 2.45) is 16.8 Å². The number of nitrogens with zero attached hydrogens (tertiary/aromatic N) is 7. The molecule has 4 aromatic rings. The highest BCUT2D eigenvalue weighted by atomic mass is 16.3. The molecule has 0 bridgehead atoms. The SMILES string of the molecule is NN1c2nc3n(CCn4cc(C(=O)NC5CC5)cn4)c(=O)[nH]n3c2C(c2ccco2)=NC1CC1CC1. The Bertz CT molecular complexity index is 1530. The molecule has 13 heteroatoms. The Labute approximate surface area is 204 Å². The fourth-order valence-corrected chi connectivity index (χ4v) is 4.65. The molecule has 0 saturated heterocycles. The van der Waals surface area contributed by atoms with Crippen molar-refractivity contribution in [2.45, 2.75) is 57.4 Å². The van der Waals surface area contributed by atoms with Gasteiger partial charge in [-0.25, -0.2) is 20.3 Å². The highest BCUT2D eigenvalue weighted by Crippen LogP contribution is 2.38. The Balaban J connectivity index is 1.20. The monoisotopic (exact) mass is 490 g/mol. The van der Waals surface area contributed by atoms with Crippen LogP contribution < -0.4 is 21.9 Å². The number of hydrazine groups is 1. The number of furan rings is 1. The summed E-state index contributed by atoms with van der Waals surface area (Å²) in [5.74, 6) is 8.54. The van der Waals surface area contributed by atoms with Gasteiger partial charge in [0.15, 0.2) is 11.6 Å². The lowest BCUT2D eigenvalue weighted by atomic mass is 10.1. The number of anilines is 1. The van der Waals surface area contributed by atoms with E-state index in [0.717, 1.165) is 19.3 Å². The maximum absolute atomic E-state index is 12.9. The highest BCUT2D eigenvalue weighted by molar-refractivity contribution is 6.14. The van der Waals surface area contributed by atoms with E-state index in [0.29, 0.717) is 53.3 Å². The van der Waals surface area contributed by atoms with Crippen LogP contribution in [0, 0.1) is 5.92 Å². The lowest BCUT2D eigenvalue weighted by molar-refractivity contribution is 0.0951. The van der Waals surface area contributed by atoms with E-state index in [1.54, 1.807) is 38.9 Å². The van der Waals surface area contributed by atoms with Crippen LogP contribution in [0.3, 0.4) is 0 Å². The van der Waals surface area contributed by atoms with E-state index in [1.165, 1.54) is 17.4 Å². The number of carbonyl (C=O) groups excluding carboxylic acids is 1. The smallest absolute Gasteiger partial charge is 0.343 e.